The van der Waals surface area contributed by atoms with Crippen LogP contribution in [-0.4, -0.2) is 18.7 Å². The summed E-state index contributed by atoms with van der Waals surface area (Å²) < 4.78 is 31.8. The second-order valence-corrected chi connectivity index (χ2v) is 3.98. The molecule has 0 aromatic rings. The van der Waals surface area contributed by atoms with Gasteiger partial charge in [0.05, 0.1) is 5.71 Å². The third-order valence-corrected chi connectivity index (χ3v) is 2.63. The fourth-order valence-corrected chi connectivity index (χ4v) is 1.60. The molecule has 0 fully saturated rings. The maximum Gasteiger partial charge on any atom is 1.00 e. The zero-order chi connectivity index (χ0) is 9.47. The SMILES string of the molecule is O=S(=O)([O-])C1=CC=C2N=NN=C2C1.[Na+]. The first-order chi connectivity index (χ1) is 6.07. The number of fused-ring (bicyclic) bond motifs is 1. The van der Waals surface area contributed by atoms with Crippen molar-refractivity contribution in [1.29, 1.82) is 0 Å². The van der Waals surface area contributed by atoms with Crippen LogP contribution in [0.5, 0.6) is 0 Å². The molecular weight excluding hydrogens is 217 g/mol. The summed E-state index contributed by atoms with van der Waals surface area (Å²) in [7, 11) is -4.36. The molecule has 0 aromatic heterocycles. The molecule has 0 N–H and O–H groups in total. The topological polar surface area (TPSA) is 94.3 Å². The minimum Gasteiger partial charge on any atom is -0.744 e. The van der Waals surface area contributed by atoms with E-state index in [4.69, 9.17) is 0 Å². The van der Waals surface area contributed by atoms with Gasteiger partial charge in [0.15, 0.2) is 0 Å². The van der Waals surface area contributed by atoms with Crippen LogP contribution in [-0.2, 0) is 10.1 Å². The molecule has 0 spiro atoms. The van der Waals surface area contributed by atoms with Gasteiger partial charge in [0.2, 0.25) is 0 Å². The first kappa shape index (κ1) is 11.7. The molecule has 8 heteroatoms. The Labute approximate surface area is 103 Å². The molecule has 1 aliphatic heterocycles. The van der Waals surface area contributed by atoms with Crippen molar-refractivity contribution in [3.05, 3.63) is 22.8 Å². The van der Waals surface area contributed by atoms with E-state index < -0.39 is 10.1 Å². The summed E-state index contributed by atoms with van der Waals surface area (Å²) >= 11 is 0. The van der Waals surface area contributed by atoms with Crippen LogP contribution in [0.4, 0.5) is 0 Å². The fraction of sp³-hybridized carbons (Fsp3) is 0.167. The molecule has 1 aliphatic carbocycles. The summed E-state index contributed by atoms with van der Waals surface area (Å²) in [6.07, 6.45) is 2.65. The third-order valence-electron chi connectivity index (χ3n) is 1.70. The molecule has 0 unspecified atom stereocenters. The summed E-state index contributed by atoms with van der Waals surface area (Å²) in [6.45, 7) is 0. The summed E-state index contributed by atoms with van der Waals surface area (Å²) in [4.78, 5) is -0.192. The quantitative estimate of drug-likeness (QED) is 0.362. The monoisotopic (exact) mass is 221 g/mol. The van der Waals surface area contributed by atoms with Crippen molar-refractivity contribution >= 4 is 15.8 Å². The van der Waals surface area contributed by atoms with Crippen LogP contribution >= 0.6 is 0 Å². The summed E-state index contributed by atoms with van der Waals surface area (Å²) in [5.41, 5.74) is 0.948. The van der Waals surface area contributed by atoms with E-state index in [0.717, 1.165) is 0 Å². The number of hydrogen-bond donors (Lipinski definition) is 0. The smallest absolute Gasteiger partial charge is 0.744 e. The summed E-state index contributed by atoms with van der Waals surface area (Å²) in [5.74, 6) is 0. The van der Waals surface area contributed by atoms with Gasteiger partial charge in [-0.3, -0.25) is 0 Å². The molecule has 2 aliphatic rings. The first-order valence-corrected chi connectivity index (χ1v) is 4.83. The molecule has 0 saturated carbocycles. The zero-order valence-corrected chi connectivity index (χ0v) is 10.2. The van der Waals surface area contributed by atoms with E-state index >= 15 is 0 Å². The Hall–Kier alpha value is -0.340. The molecule has 0 atom stereocenters. The van der Waals surface area contributed by atoms with Crippen molar-refractivity contribution in [2.45, 2.75) is 6.42 Å². The minimum atomic E-state index is -4.36. The van der Waals surface area contributed by atoms with E-state index in [1.54, 1.807) is 0 Å². The number of rotatable bonds is 1. The molecule has 0 aromatic carbocycles. The Morgan fingerprint density at radius 2 is 2.07 bits per heavy atom. The Morgan fingerprint density at radius 3 is 2.71 bits per heavy atom. The van der Waals surface area contributed by atoms with Crippen molar-refractivity contribution < 1.29 is 42.5 Å². The molecule has 0 amide bonds. The van der Waals surface area contributed by atoms with E-state index in [0.29, 0.717) is 11.4 Å². The maximum atomic E-state index is 10.6. The van der Waals surface area contributed by atoms with Gasteiger partial charge < -0.3 is 4.55 Å². The van der Waals surface area contributed by atoms with Gasteiger partial charge in [-0.05, 0) is 17.4 Å². The predicted molar refractivity (Wildman–Crippen MR) is 42.8 cm³/mol. The summed E-state index contributed by atoms with van der Waals surface area (Å²) in [5, 5.41) is 10.6. The van der Waals surface area contributed by atoms with Crippen LogP contribution in [0.2, 0.25) is 0 Å². The van der Waals surface area contributed by atoms with Crippen LogP contribution in [0.25, 0.3) is 0 Å². The van der Waals surface area contributed by atoms with Crippen molar-refractivity contribution in [3.63, 3.8) is 0 Å². The van der Waals surface area contributed by atoms with Gasteiger partial charge in [0.25, 0.3) is 0 Å². The number of nitrogens with zero attached hydrogens (tertiary/aromatic N) is 3. The average Bonchev–Trinajstić information content (AvgIpc) is 2.47. The van der Waals surface area contributed by atoms with Gasteiger partial charge >= 0.3 is 29.6 Å². The van der Waals surface area contributed by atoms with Crippen molar-refractivity contribution in [2.75, 3.05) is 0 Å². The molecule has 0 radical (unpaired) electrons. The normalized spacial score (nSPS) is 19.1. The van der Waals surface area contributed by atoms with Gasteiger partial charge in [-0.2, -0.15) is 0 Å². The van der Waals surface area contributed by atoms with Gasteiger partial charge in [-0.15, -0.1) is 10.2 Å². The fourth-order valence-electron chi connectivity index (χ4n) is 1.06. The van der Waals surface area contributed by atoms with Crippen molar-refractivity contribution in [1.82, 2.24) is 0 Å². The zero-order valence-electron chi connectivity index (χ0n) is 7.34. The van der Waals surface area contributed by atoms with Crippen molar-refractivity contribution in [3.8, 4) is 0 Å². The summed E-state index contributed by atoms with van der Waals surface area (Å²) in [6, 6.07) is 0. The van der Waals surface area contributed by atoms with Gasteiger partial charge in [0.1, 0.15) is 15.8 Å². The van der Waals surface area contributed by atoms with Gasteiger partial charge in [-0.1, -0.05) is 0 Å². The van der Waals surface area contributed by atoms with Gasteiger partial charge in [0, 0.05) is 11.3 Å². The number of hydrogen-bond acceptors (Lipinski definition) is 6. The molecular formula is C6H4N3NaO3S. The third kappa shape index (κ3) is 2.18. The molecule has 14 heavy (non-hydrogen) atoms. The van der Waals surface area contributed by atoms with Crippen LogP contribution in [0, 0.1) is 0 Å². The van der Waals surface area contributed by atoms with E-state index in [2.05, 4.69) is 15.4 Å². The Bertz CT molecular complexity index is 475. The van der Waals surface area contributed by atoms with Crippen molar-refractivity contribution in [2.24, 2.45) is 15.4 Å². The van der Waals surface area contributed by atoms with Crippen LogP contribution < -0.4 is 29.6 Å². The average molecular weight is 221 g/mol. The Kier molecular flexibility index (Phi) is 3.38. The molecule has 1 heterocycles. The standard InChI is InChI=1S/C6H5N3O3S.Na/c10-13(11,12)4-1-2-5-6(3-4)8-9-7-5;/h1-2H,3H2,(H,10,11,12);/q;+1/p-1. The Balaban J connectivity index is 0.000000980. The molecule has 6 nitrogen and oxygen atoms in total. The van der Waals surface area contributed by atoms with E-state index in [-0.39, 0.29) is 40.9 Å². The van der Waals surface area contributed by atoms with Crippen LogP contribution in [0.15, 0.2) is 38.2 Å². The molecule has 0 bridgehead atoms. The first-order valence-electron chi connectivity index (χ1n) is 3.42. The van der Waals surface area contributed by atoms with E-state index in [9.17, 15) is 13.0 Å². The van der Waals surface area contributed by atoms with E-state index in [1.807, 2.05) is 0 Å². The van der Waals surface area contributed by atoms with Gasteiger partial charge in [-0.25, -0.2) is 8.42 Å². The minimum absolute atomic E-state index is 0. The molecule has 2 rings (SSSR count). The number of allylic oxidation sites excluding steroid dienone is 4. The molecule has 68 valence electrons. The van der Waals surface area contributed by atoms with Crippen LogP contribution in [0.3, 0.4) is 0 Å². The Morgan fingerprint density at radius 1 is 1.36 bits per heavy atom. The van der Waals surface area contributed by atoms with E-state index in [1.165, 1.54) is 12.2 Å². The molecule has 0 saturated heterocycles. The second kappa shape index (κ2) is 4.03. The maximum absolute atomic E-state index is 10.6. The largest absolute Gasteiger partial charge is 1.00 e. The predicted octanol–water partition coefficient (Wildman–Crippen LogP) is -2.47. The van der Waals surface area contributed by atoms with Crippen LogP contribution in [0.1, 0.15) is 6.42 Å². The second-order valence-electron chi connectivity index (χ2n) is 2.55.